The molecule has 0 saturated heterocycles. The van der Waals surface area contributed by atoms with E-state index in [1.54, 1.807) is 6.20 Å². The zero-order valence-electron chi connectivity index (χ0n) is 10.5. The fourth-order valence-corrected chi connectivity index (χ4v) is 2.58. The van der Waals surface area contributed by atoms with Gasteiger partial charge in [-0.15, -0.1) is 11.3 Å². The van der Waals surface area contributed by atoms with Gasteiger partial charge in [0.05, 0.1) is 17.4 Å². The number of benzene rings is 1. The summed E-state index contributed by atoms with van der Waals surface area (Å²) < 4.78 is 0. The van der Waals surface area contributed by atoms with Gasteiger partial charge in [-0.25, -0.2) is 4.98 Å². The van der Waals surface area contributed by atoms with Crippen molar-refractivity contribution in [2.75, 3.05) is 5.32 Å². The van der Waals surface area contributed by atoms with E-state index in [0.717, 1.165) is 27.2 Å². The van der Waals surface area contributed by atoms with Gasteiger partial charge in [0.15, 0.2) is 5.01 Å². The zero-order chi connectivity index (χ0) is 13.4. The number of nitrogens with zero attached hydrogens (tertiary/aromatic N) is 2. The Hall–Kier alpha value is -2.21. The van der Waals surface area contributed by atoms with Crippen LogP contribution >= 0.6 is 11.3 Å². The van der Waals surface area contributed by atoms with Crippen LogP contribution < -0.4 is 5.32 Å². The van der Waals surface area contributed by atoms with Crippen molar-refractivity contribution in [2.24, 2.45) is 0 Å². The maximum absolute atomic E-state index is 12.1. The number of aromatic nitrogens is 3. The molecule has 0 fully saturated rings. The number of amides is 1. The van der Waals surface area contributed by atoms with Crippen LogP contribution in [0.25, 0.3) is 10.9 Å². The summed E-state index contributed by atoms with van der Waals surface area (Å²) >= 11 is 1.40. The van der Waals surface area contributed by atoms with Gasteiger partial charge in [0, 0.05) is 16.0 Å². The summed E-state index contributed by atoms with van der Waals surface area (Å²) in [7, 11) is 0. The highest BCUT2D eigenvalue weighted by Gasteiger charge is 2.12. The summed E-state index contributed by atoms with van der Waals surface area (Å²) in [5.41, 5.74) is 2.52. The number of carbonyl (C=O) groups is 1. The molecule has 0 aliphatic carbocycles. The SMILES string of the molecule is Cc1nc(C(=O)Nc2ccc3cn[nH]c3c2)sc1C. The Morgan fingerprint density at radius 3 is 2.95 bits per heavy atom. The van der Waals surface area contributed by atoms with E-state index in [9.17, 15) is 4.79 Å². The first-order valence-electron chi connectivity index (χ1n) is 5.82. The van der Waals surface area contributed by atoms with E-state index in [1.807, 2.05) is 32.0 Å². The van der Waals surface area contributed by atoms with Crippen molar-refractivity contribution in [3.8, 4) is 0 Å². The number of aromatic amines is 1. The van der Waals surface area contributed by atoms with Gasteiger partial charge in [-0.05, 0) is 32.0 Å². The topological polar surface area (TPSA) is 70.7 Å². The van der Waals surface area contributed by atoms with Crippen molar-refractivity contribution in [2.45, 2.75) is 13.8 Å². The molecule has 19 heavy (non-hydrogen) atoms. The van der Waals surface area contributed by atoms with Gasteiger partial charge in [0.1, 0.15) is 0 Å². The molecule has 0 atom stereocenters. The lowest BCUT2D eigenvalue weighted by Gasteiger charge is -2.02. The van der Waals surface area contributed by atoms with Crippen molar-refractivity contribution in [1.82, 2.24) is 15.2 Å². The molecule has 3 aromatic rings. The van der Waals surface area contributed by atoms with E-state index in [1.165, 1.54) is 11.3 Å². The molecule has 0 aliphatic rings. The number of aryl methyl sites for hydroxylation is 2. The van der Waals surface area contributed by atoms with Crippen molar-refractivity contribution in [1.29, 1.82) is 0 Å². The van der Waals surface area contributed by atoms with Crippen LogP contribution in [-0.4, -0.2) is 21.1 Å². The lowest BCUT2D eigenvalue weighted by atomic mass is 10.2. The molecule has 0 bridgehead atoms. The summed E-state index contributed by atoms with van der Waals surface area (Å²) in [5.74, 6) is -0.180. The lowest BCUT2D eigenvalue weighted by molar-refractivity contribution is 0.102. The van der Waals surface area contributed by atoms with E-state index in [4.69, 9.17) is 0 Å². The predicted molar refractivity (Wildman–Crippen MR) is 75.6 cm³/mol. The van der Waals surface area contributed by atoms with Crippen molar-refractivity contribution < 1.29 is 4.79 Å². The first-order chi connectivity index (χ1) is 9.13. The minimum atomic E-state index is -0.180. The molecule has 96 valence electrons. The molecular formula is C13H12N4OS. The largest absolute Gasteiger partial charge is 0.320 e. The number of H-pyrrole nitrogens is 1. The van der Waals surface area contributed by atoms with Crippen LogP contribution in [-0.2, 0) is 0 Å². The molecule has 1 amide bonds. The Balaban J connectivity index is 1.85. The number of carbonyl (C=O) groups excluding carboxylic acids is 1. The molecule has 2 heterocycles. The fourth-order valence-electron chi connectivity index (χ4n) is 1.77. The predicted octanol–water partition coefficient (Wildman–Crippen LogP) is 2.89. The number of hydrogen-bond acceptors (Lipinski definition) is 4. The first kappa shape index (κ1) is 11.9. The Kier molecular flexibility index (Phi) is 2.79. The molecular weight excluding hydrogens is 260 g/mol. The standard InChI is InChI=1S/C13H12N4OS/c1-7-8(2)19-13(15-7)12(18)16-10-4-3-9-6-14-17-11(9)5-10/h3-6H,1-2H3,(H,14,17)(H,16,18). The molecule has 2 N–H and O–H groups in total. The van der Waals surface area contributed by atoms with Crippen LogP contribution in [0.3, 0.4) is 0 Å². The highest BCUT2D eigenvalue weighted by atomic mass is 32.1. The average Bonchev–Trinajstić information content (AvgIpc) is 2.96. The second-order valence-corrected chi connectivity index (χ2v) is 5.49. The van der Waals surface area contributed by atoms with Gasteiger partial charge < -0.3 is 5.32 Å². The molecule has 0 spiro atoms. The van der Waals surface area contributed by atoms with Crippen molar-refractivity contribution >= 4 is 33.8 Å². The van der Waals surface area contributed by atoms with E-state index in [0.29, 0.717) is 5.01 Å². The van der Waals surface area contributed by atoms with E-state index >= 15 is 0 Å². The Bertz CT molecular complexity index is 739. The van der Waals surface area contributed by atoms with Gasteiger partial charge in [0.25, 0.3) is 5.91 Å². The third-order valence-corrected chi connectivity index (χ3v) is 3.99. The number of hydrogen-bond donors (Lipinski definition) is 2. The van der Waals surface area contributed by atoms with Gasteiger partial charge in [-0.1, -0.05) is 0 Å². The number of thiazole rings is 1. The quantitative estimate of drug-likeness (QED) is 0.753. The van der Waals surface area contributed by atoms with Crippen LogP contribution in [0.2, 0.25) is 0 Å². The van der Waals surface area contributed by atoms with Gasteiger partial charge >= 0.3 is 0 Å². The van der Waals surface area contributed by atoms with Gasteiger partial charge in [0.2, 0.25) is 0 Å². The Morgan fingerprint density at radius 2 is 2.21 bits per heavy atom. The highest BCUT2D eigenvalue weighted by molar-refractivity contribution is 7.13. The second kappa shape index (κ2) is 4.47. The van der Waals surface area contributed by atoms with Crippen LogP contribution in [0.1, 0.15) is 20.4 Å². The van der Waals surface area contributed by atoms with Crippen LogP contribution in [0.15, 0.2) is 24.4 Å². The third-order valence-electron chi connectivity index (χ3n) is 2.92. The maximum atomic E-state index is 12.1. The van der Waals surface area contributed by atoms with Gasteiger partial charge in [-0.2, -0.15) is 5.10 Å². The molecule has 6 heteroatoms. The molecule has 0 aliphatic heterocycles. The first-order valence-corrected chi connectivity index (χ1v) is 6.63. The molecule has 3 rings (SSSR count). The summed E-state index contributed by atoms with van der Waals surface area (Å²) in [6.07, 6.45) is 1.74. The van der Waals surface area contributed by atoms with Crippen LogP contribution in [0.5, 0.6) is 0 Å². The molecule has 5 nitrogen and oxygen atoms in total. The van der Waals surface area contributed by atoms with E-state index in [-0.39, 0.29) is 5.91 Å². The lowest BCUT2D eigenvalue weighted by Crippen LogP contribution is -2.11. The van der Waals surface area contributed by atoms with E-state index < -0.39 is 0 Å². The minimum Gasteiger partial charge on any atom is -0.320 e. The Labute approximate surface area is 113 Å². The molecule has 0 radical (unpaired) electrons. The smallest absolute Gasteiger partial charge is 0.284 e. The number of nitrogens with one attached hydrogen (secondary N) is 2. The van der Waals surface area contributed by atoms with Crippen LogP contribution in [0, 0.1) is 13.8 Å². The average molecular weight is 272 g/mol. The molecule has 0 unspecified atom stereocenters. The summed E-state index contributed by atoms with van der Waals surface area (Å²) in [6.45, 7) is 3.86. The van der Waals surface area contributed by atoms with Crippen LogP contribution in [0.4, 0.5) is 5.69 Å². The molecule has 2 aromatic heterocycles. The normalized spacial score (nSPS) is 10.8. The number of rotatable bonds is 2. The minimum absolute atomic E-state index is 0.180. The monoisotopic (exact) mass is 272 g/mol. The number of fused-ring (bicyclic) bond motifs is 1. The number of anilines is 1. The second-order valence-electron chi connectivity index (χ2n) is 4.29. The molecule has 0 saturated carbocycles. The highest BCUT2D eigenvalue weighted by Crippen LogP contribution is 2.20. The third kappa shape index (κ3) is 2.22. The van der Waals surface area contributed by atoms with Crippen molar-refractivity contribution in [3.63, 3.8) is 0 Å². The molecule has 1 aromatic carbocycles. The maximum Gasteiger partial charge on any atom is 0.284 e. The van der Waals surface area contributed by atoms with E-state index in [2.05, 4.69) is 20.5 Å². The summed E-state index contributed by atoms with van der Waals surface area (Å²) in [5, 5.41) is 11.2. The van der Waals surface area contributed by atoms with Gasteiger partial charge in [-0.3, -0.25) is 9.89 Å². The Morgan fingerprint density at radius 1 is 1.37 bits per heavy atom. The van der Waals surface area contributed by atoms with Crippen molar-refractivity contribution in [3.05, 3.63) is 40.0 Å². The summed E-state index contributed by atoms with van der Waals surface area (Å²) in [4.78, 5) is 17.4. The summed E-state index contributed by atoms with van der Waals surface area (Å²) in [6, 6.07) is 5.61. The fraction of sp³-hybridized carbons (Fsp3) is 0.154. The zero-order valence-corrected chi connectivity index (χ0v) is 11.3.